The lowest BCUT2D eigenvalue weighted by Gasteiger charge is -2.02. The minimum absolute atomic E-state index is 0.108. The lowest BCUT2D eigenvalue weighted by atomic mass is 10.0. The van der Waals surface area contributed by atoms with Crippen LogP contribution in [0.2, 0.25) is 0 Å². The van der Waals surface area contributed by atoms with Crippen molar-refractivity contribution in [2.45, 2.75) is 0 Å². The Balaban J connectivity index is 2.22. The Labute approximate surface area is 102 Å². The zero-order chi connectivity index (χ0) is 12.5. The molecule has 5 nitrogen and oxygen atoms in total. The Kier molecular flexibility index (Phi) is 2.30. The van der Waals surface area contributed by atoms with Crippen molar-refractivity contribution in [3.05, 3.63) is 58.8 Å². The molecule has 0 fully saturated rings. The molecule has 1 N–H and O–H groups in total. The average molecular weight is 239 g/mol. The maximum absolute atomic E-state index is 11.0. The van der Waals surface area contributed by atoms with Gasteiger partial charge in [-0.1, -0.05) is 24.3 Å². The largest absolute Gasteiger partial charge is 0.278 e. The molecule has 3 aromatic rings. The van der Waals surface area contributed by atoms with Crippen LogP contribution in [-0.2, 0) is 0 Å². The van der Waals surface area contributed by atoms with E-state index in [0.29, 0.717) is 5.56 Å². The monoisotopic (exact) mass is 239 g/mol. The maximum Gasteiger partial charge on any atom is 0.277 e. The van der Waals surface area contributed by atoms with E-state index in [2.05, 4.69) is 10.2 Å². The van der Waals surface area contributed by atoms with Crippen LogP contribution >= 0.6 is 0 Å². The number of nitrogens with one attached hydrogen (secondary N) is 1. The summed E-state index contributed by atoms with van der Waals surface area (Å²) in [5, 5.41) is 18.8. The van der Waals surface area contributed by atoms with Gasteiger partial charge in [-0.3, -0.25) is 15.2 Å². The van der Waals surface area contributed by atoms with Crippen LogP contribution in [0.1, 0.15) is 0 Å². The Morgan fingerprint density at radius 2 is 2.00 bits per heavy atom. The van der Waals surface area contributed by atoms with E-state index in [1.165, 1.54) is 6.07 Å². The predicted octanol–water partition coefficient (Wildman–Crippen LogP) is 3.14. The molecule has 18 heavy (non-hydrogen) atoms. The molecule has 0 amide bonds. The van der Waals surface area contributed by atoms with Crippen molar-refractivity contribution in [1.29, 1.82) is 0 Å². The first kappa shape index (κ1) is 10.5. The van der Waals surface area contributed by atoms with Crippen molar-refractivity contribution < 1.29 is 4.92 Å². The van der Waals surface area contributed by atoms with Crippen molar-refractivity contribution in [2.24, 2.45) is 0 Å². The van der Waals surface area contributed by atoms with Gasteiger partial charge in [-0.25, -0.2) is 0 Å². The topological polar surface area (TPSA) is 71.8 Å². The normalized spacial score (nSPS) is 10.7. The average Bonchev–Trinajstić information content (AvgIpc) is 2.85. The summed E-state index contributed by atoms with van der Waals surface area (Å²) in [6.45, 7) is 0. The van der Waals surface area contributed by atoms with Crippen LogP contribution in [0, 0.1) is 10.1 Å². The van der Waals surface area contributed by atoms with Gasteiger partial charge in [0.2, 0.25) is 0 Å². The Hall–Kier alpha value is -2.69. The molecule has 2 aromatic carbocycles. The molecule has 0 radical (unpaired) electrons. The van der Waals surface area contributed by atoms with Crippen molar-refractivity contribution >= 4 is 16.6 Å². The standard InChI is InChI=1S/C13H9N3O2/c17-16(18)13-4-2-1-3-11(13)9-5-6-10-8-14-15-12(10)7-9/h1-8H,(H,14,15). The number of aromatic amines is 1. The molecular formula is C13H9N3O2. The van der Waals surface area contributed by atoms with Crippen molar-refractivity contribution in [3.8, 4) is 11.1 Å². The highest BCUT2D eigenvalue weighted by Gasteiger charge is 2.14. The summed E-state index contributed by atoms with van der Waals surface area (Å²) >= 11 is 0. The van der Waals surface area contributed by atoms with E-state index in [1.807, 2.05) is 18.2 Å². The fraction of sp³-hybridized carbons (Fsp3) is 0. The van der Waals surface area contributed by atoms with Crippen molar-refractivity contribution in [2.75, 3.05) is 0 Å². The number of fused-ring (bicyclic) bond motifs is 1. The van der Waals surface area contributed by atoms with Gasteiger partial charge in [0.05, 0.1) is 22.2 Å². The lowest BCUT2D eigenvalue weighted by Crippen LogP contribution is -1.91. The quantitative estimate of drug-likeness (QED) is 0.551. The molecule has 0 saturated heterocycles. The van der Waals surface area contributed by atoms with Crippen LogP contribution in [0.3, 0.4) is 0 Å². The number of nitro benzene ring substituents is 1. The molecule has 5 heteroatoms. The van der Waals surface area contributed by atoms with Gasteiger partial charge in [0.15, 0.2) is 0 Å². The van der Waals surface area contributed by atoms with Crippen LogP contribution < -0.4 is 0 Å². The third kappa shape index (κ3) is 1.62. The smallest absolute Gasteiger partial charge is 0.277 e. The minimum Gasteiger partial charge on any atom is -0.278 e. The van der Waals surface area contributed by atoms with Crippen LogP contribution in [0.15, 0.2) is 48.7 Å². The highest BCUT2D eigenvalue weighted by Crippen LogP contribution is 2.30. The number of aromatic nitrogens is 2. The third-order valence-electron chi connectivity index (χ3n) is 2.85. The molecular weight excluding hydrogens is 230 g/mol. The van der Waals surface area contributed by atoms with Crippen LogP contribution in [-0.4, -0.2) is 15.1 Å². The van der Waals surface area contributed by atoms with Crippen molar-refractivity contribution in [3.63, 3.8) is 0 Å². The molecule has 0 aliphatic heterocycles. The van der Waals surface area contributed by atoms with E-state index in [0.717, 1.165) is 16.5 Å². The van der Waals surface area contributed by atoms with Gasteiger partial charge in [0.1, 0.15) is 0 Å². The number of rotatable bonds is 2. The molecule has 3 rings (SSSR count). The number of para-hydroxylation sites is 1. The van der Waals surface area contributed by atoms with Crippen LogP contribution in [0.25, 0.3) is 22.0 Å². The van der Waals surface area contributed by atoms with E-state index < -0.39 is 0 Å². The molecule has 0 saturated carbocycles. The fourth-order valence-electron chi connectivity index (χ4n) is 1.98. The summed E-state index contributed by atoms with van der Waals surface area (Å²) in [7, 11) is 0. The molecule has 1 heterocycles. The van der Waals surface area contributed by atoms with Gasteiger partial charge in [-0.05, 0) is 17.7 Å². The molecule has 0 spiro atoms. The Bertz CT molecular complexity index is 734. The molecule has 88 valence electrons. The molecule has 0 aliphatic carbocycles. The number of nitro groups is 1. The van der Waals surface area contributed by atoms with Gasteiger partial charge in [-0.15, -0.1) is 0 Å². The SMILES string of the molecule is O=[N+]([O-])c1ccccc1-c1ccc2cn[nH]c2c1. The zero-order valence-corrected chi connectivity index (χ0v) is 9.33. The summed E-state index contributed by atoms with van der Waals surface area (Å²) in [5.41, 5.74) is 2.39. The van der Waals surface area contributed by atoms with Gasteiger partial charge in [0.25, 0.3) is 5.69 Å². The number of hydrogen-bond donors (Lipinski definition) is 1. The summed E-state index contributed by atoms with van der Waals surface area (Å²) < 4.78 is 0. The minimum atomic E-state index is -0.369. The second-order valence-electron chi connectivity index (χ2n) is 3.95. The van der Waals surface area contributed by atoms with E-state index in [-0.39, 0.29) is 10.6 Å². The van der Waals surface area contributed by atoms with Crippen LogP contribution in [0.4, 0.5) is 5.69 Å². The lowest BCUT2D eigenvalue weighted by molar-refractivity contribution is -0.384. The summed E-state index contributed by atoms with van der Waals surface area (Å²) in [6, 6.07) is 12.3. The number of hydrogen-bond acceptors (Lipinski definition) is 3. The highest BCUT2D eigenvalue weighted by molar-refractivity contribution is 5.85. The summed E-state index contributed by atoms with van der Waals surface area (Å²) in [5.74, 6) is 0. The second-order valence-corrected chi connectivity index (χ2v) is 3.95. The third-order valence-corrected chi connectivity index (χ3v) is 2.85. The number of nitrogens with zero attached hydrogens (tertiary/aromatic N) is 2. The van der Waals surface area contributed by atoms with E-state index in [9.17, 15) is 10.1 Å². The zero-order valence-electron chi connectivity index (χ0n) is 9.33. The Morgan fingerprint density at radius 3 is 2.83 bits per heavy atom. The van der Waals surface area contributed by atoms with Gasteiger partial charge >= 0.3 is 0 Å². The highest BCUT2D eigenvalue weighted by atomic mass is 16.6. The molecule has 0 unspecified atom stereocenters. The molecule has 0 bridgehead atoms. The van der Waals surface area contributed by atoms with E-state index in [4.69, 9.17) is 0 Å². The van der Waals surface area contributed by atoms with Gasteiger partial charge in [0, 0.05) is 11.5 Å². The molecule has 0 aliphatic rings. The predicted molar refractivity (Wildman–Crippen MR) is 68.2 cm³/mol. The first-order valence-electron chi connectivity index (χ1n) is 5.42. The first-order valence-corrected chi connectivity index (χ1v) is 5.42. The molecule has 1 aromatic heterocycles. The summed E-state index contributed by atoms with van der Waals surface area (Å²) in [6.07, 6.45) is 1.72. The van der Waals surface area contributed by atoms with Crippen LogP contribution in [0.5, 0.6) is 0 Å². The Morgan fingerprint density at radius 1 is 1.17 bits per heavy atom. The second kappa shape index (κ2) is 3.96. The fourth-order valence-corrected chi connectivity index (χ4v) is 1.98. The number of benzene rings is 2. The summed E-state index contributed by atoms with van der Waals surface area (Å²) in [4.78, 5) is 10.6. The van der Waals surface area contributed by atoms with Crippen molar-refractivity contribution in [1.82, 2.24) is 10.2 Å². The number of H-pyrrole nitrogens is 1. The van der Waals surface area contributed by atoms with E-state index in [1.54, 1.807) is 24.4 Å². The maximum atomic E-state index is 11.0. The first-order chi connectivity index (χ1) is 8.75. The molecule has 0 atom stereocenters. The van der Waals surface area contributed by atoms with Gasteiger partial charge in [-0.2, -0.15) is 5.10 Å². The van der Waals surface area contributed by atoms with E-state index >= 15 is 0 Å². The van der Waals surface area contributed by atoms with Gasteiger partial charge < -0.3 is 0 Å².